The Balaban J connectivity index is 1.28. The predicted octanol–water partition coefficient (Wildman–Crippen LogP) is 3.04. The summed E-state index contributed by atoms with van der Waals surface area (Å²) in [6.45, 7) is 2.20. The van der Waals surface area contributed by atoms with Crippen molar-refractivity contribution in [2.45, 2.75) is 23.8 Å². The Morgan fingerprint density at radius 3 is 2.39 bits per heavy atom. The summed E-state index contributed by atoms with van der Waals surface area (Å²) in [7, 11) is 0.307. The third-order valence-electron chi connectivity index (χ3n) is 6.62. The second kappa shape index (κ2) is 11.5. The molecule has 3 aromatic rings. The standard InChI is InChI=1S/C27H35N3O5S/c1-29(2)26-7-3-6-25-24(26)5-4-8-27(25)36(33,34)30-15-13-20(14-16-30)17-28-18-22(32)19-35-23-11-9-21(31)10-12-23/h3-12,20,22,28,31-32H,13-19H2,1-2H3/t22-/m1/s1. The molecule has 3 aromatic carbocycles. The smallest absolute Gasteiger partial charge is 0.243 e. The van der Waals surface area contributed by atoms with Crippen molar-refractivity contribution in [2.24, 2.45) is 5.92 Å². The molecule has 1 heterocycles. The van der Waals surface area contributed by atoms with E-state index in [4.69, 9.17) is 4.74 Å². The topological polar surface area (TPSA) is 102 Å². The molecule has 0 spiro atoms. The summed E-state index contributed by atoms with van der Waals surface area (Å²) < 4.78 is 34.2. The average Bonchev–Trinajstić information content (AvgIpc) is 2.88. The molecule has 0 amide bonds. The molecular formula is C27H35N3O5S. The summed E-state index contributed by atoms with van der Waals surface area (Å²) in [5.41, 5.74) is 0.991. The maximum Gasteiger partial charge on any atom is 0.243 e. The lowest BCUT2D eigenvalue weighted by atomic mass is 9.98. The van der Waals surface area contributed by atoms with Crippen molar-refractivity contribution in [1.82, 2.24) is 9.62 Å². The van der Waals surface area contributed by atoms with Crippen LogP contribution in [0.15, 0.2) is 65.6 Å². The van der Waals surface area contributed by atoms with Gasteiger partial charge in [0.05, 0.1) is 4.90 Å². The Labute approximate surface area is 213 Å². The van der Waals surface area contributed by atoms with Crippen LogP contribution >= 0.6 is 0 Å². The lowest BCUT2D eigenvalue weighted by Crippen LogP contribution is -2.42. The Bertz CT molecular complexity index is 1260. The molecular weight excluding hydrogens is 478 g/mol. The van der Waals surface area contributed by atoms with Crippen LogP contribution in [0.25, 0.3) is 10.8 Å². The molecule has 0 unspecified atom stereocenters. The van der Waals surface area contributed by atoms with E-state index in [1.807, 2.05) is 49.3 Å². The number of fused-ring (bicyclic) bond motifs is 1. The average molecular weight is 514 g/mol. The number of piperidine rings is 1. The van der Waals surface area contributed by atoms with E-state index in [1.165, 1.54) is 12.1 Å². The first-order valence-electron chi connectivity index (χ1n) is 12.3. The van der Waals surface area contributed by atoms with Gasteiger partial charge in [0.1, 0.15) is 24.2 Å². The van der Waals surface area contributed by atoms with E-state index >= 15 is 0 Å². The van der Waals surface area contributed by atoms with Crippen molar-refractivity contribution < 1.29 is 23.4 Å². The van der Waals surface area contributed by atoms with Gasteiger partial charge < -0.3 is 25.2 Å². The fourth-order valence-corrected chi connectivity index (χ4v) is 6.30. The van der Waals surface area contributed by atoms with Crippen LogP contribution in [0.3, 0.4) is 0 Å². The normalized spacial score (nSPS) is 16.2. The van der Waals surface area contributed by atoms with Crippen molar-refractivity contribution in [3.05, 3.63) is 60.7 Å². The number of rotatable bonds is 10. The monoisotopic (exact) mass is 513 g/mol. The van der Waals surface area contributed by atoms with Crippen LogP contribution in [0, 0.1) is 5.92 Å². The summed E-state index contributed by atoms with van der Waals surface area (Å²) >= 11 is 0. The summed E-state index contributed by atoms with van der Waals surface area (Å²) in [5.74, 6) is 1.10. The van der Waals surface area contributed by atoms with Crippen LogP contribution < -0.4 is 15.0 Å². The largest absolute Gasteiger partial charge is 0.508 e. The molecule has 0 bridgehead atoms. The van der Waals surface area contributed by atoms with Crippen LogP contribution in [0.1, 0.15) is 12.8 Å². The van der Waals surface area contributed by atoms with E-state index in [1.54, 1.807) is 22.5 Å². The Hall–Kier alpha value is -2.85. The summed E-state index contributed by atoms with van der Waals surface area (Å²) in [6, 6.07) is 17.6. The van der Waals surface area contributed by atoms with Crippen molar-refractivity contribution in [2.75, 3.05) is 51.8 Å². The molecule has 0 aliphatic carbocycles. The van der Waals surface area contributed by atoms with Crippen molar-refractivity contribution in [1.29, 1.82) is 0 Å². The maximum absolute atomic E-state index is 13.5. The van der Waals surface area contributed by atoms with E-state index in [0.29, 0.717) is 42.7 Å². The van der Waals surface area contributed by atoms with Crippen LogP contribution in [0.4, 0.5) is 5.69 Å². The van der Waals surface area contributed by atoms with Gasteiger partial charge in [0.15, 0.2) is 0 Å². The van der Waals surface area contributed by atoms with Gasteiger partial charge in [-0.1, -0.05) is 24.3 Å². The number of ether oxygens (including phenoxy) is 1. The fourth-order valence-electron chi connectivity index (χ4n) is 4.62. The van der Waals surface area contributed by atoms with Gasteiger partial charge in [-0.3, -0.25) is 0 Å². The third-order valence-corrected chi connectivity index (χ3v) is 8.58. The maximum atomic E-state index is 13.5. The highest BCUT2D eigenvalue weighted by molar-refractivity contribution is 7.89. The highest BCUT2D eigenvalue weighted by Gasteiger charge is 2.30. The van der Waals surface area contributed by atoms with Gasteiger partial charge in [-0.25, -0.2) is 8.42 Å². The lowest BCUT2D eigenvalue weighted by molar-refractivity contribution is 0.104. The van der Waals surface area contributed by atoms with E-state index in [0.717, 1.165) is 29.3 Å². The number of aliphatic hydroxyl groups is 1. The number of aliphatic hydroxyl groups excluding tert-OH is 1. The van der Waals surface area contributed by atoms with Crippen LogP contribution in [0.5, 0.6) is 11.5 Å². The summed E-state index contributed by atoms with van der Waals surface area (Å²) in [5, 5.41) is 24.4. The quantitative estimate of drug-likeness (QED) is 0.383. The zero-order valence-electron chi connectivity index (χ0n) is 20.8. The van der Waals surface area contributed by atoms with Gasteiger partial charge in [-0.15, -0.1) is 0 Å². The zero-order chi connectivity index (χ0) is 25.7. The molecule has 0 aromatic heterocycles. The Kier molecular flexibility index (Phi) is 8.35. The number of nitrogens with one attached hydrogen (secondary N) is 1. The number of anilines is 1. The number of phenolic OH excluding ortho intramolecular Hbond substituents is 1. The Morgan fingerprint density at radius 2 is 1.69 bits per heavy atom. The zero-order valence-corrected chi connectivity index (χ0v) is 21.6. The molecule has 8 nitrogen and oxygen atoms in total. The van der Waals surface area contributed by atoms with E-state index in [9.17, 15) is 18.6 Å². The number of nitrogens with zero attached hydrogens (tertiary/aromatic N) is 2. The molecule has 1 aliphatic rings. The van der Waals surface area contributed by atoms with E-state index in [-0.39, 0.29) is 12.4 Å². The summed E-state index contributed by atoms with van der Waals surface area (Å²) in [6.07, 6.45) is 0.859. The molecule has 1 saturated heterocycles. The minimum absolute atomic E-state index is 0.148. The Morgan fingerprint density at radius 1 is 1.03 bits per heavy atom. The van der Waals surface area contributed by atoms with Gasteiger partial charge in [-0.05, 0) is 61.7 Å². The first kappa shape index (κ1) is 26.2. The molecule has 0 radical (unpaired) electrons. The van der Waals surface area contributed by atoms with Crippen molar-refractivity contribution in [3.63, 3.8) is 0 Å². The molecule has 1 aliphatic heterocycles. The SMILES string of the molecule is CN(C)c1cccc2c(S(=O)(=O)N3CCC(CNC[C@@H](O)COc4ccc(O)cc4)CC3)cccc12. The second-order valence-corrected chi connectivity index (χ2v) is 11.4. The first-order chi connectivity index (χ1) is 17.3. The van der Waals surface area contributed by atoms with Gasteiger partial charge in [0, 0.05) is 50.2 Å². The second-order valence-electron chi connectivity index (χ2n) is 9.49. The molecule has 1 atom stereocenters. The van der Waals surface area contributed by atoms with Gasteiger partial charge in [0.25, 0.3) is 0 Å². The number of hydrogen-bond acceptors (Lipinski definition) is 7. The highest BCUT2D eigenvalue weighted by atomic mass is 32.2. The molecule has 0 saturated carbocycles. The highest BCUT2D eigenvalue weighted by Crippen LogP contribution is 2.33. The fraction of sp³-hybridized carbons (Fsp3) is 0.407. The minimum atomic E-state index is -3.60. The number of aromatic hydroxyl groups is 1. The predicted molar refractivity (Wildman–Crippen MR) is 142 cm³/mol. The van der Waals surface area contributed by atoms with Gasteiger partial charge in [-0.2, -0.15) is 4.31 Å². The molecule has 194 valence electrons. The molecule has 36 heavy (non-hydrogen) atoms. The lowest BCUT2D eigenvalue weighted by Gasteiger charge is -2.32. The molecule has 9 heteroatoms. The molecule has 3 N–H and O–H groups in total. The van der Waals surface area contributed by atoms with E-state index in [2.05, 4.69) is 5.32 Å². The van der Waals surface area contributed by atoms with Gasteiger partial charge in [0.2, 0.25) is 10.0 Å². The first-order valence-corrected chi connectivity index (χ1v) is 13.7. The molecule has 1 fully saturated rings. The van der Waals surface area contributed by atoms with Crippen LogP contribution in [-0.2, 0) is 10.0 Å². The van der Waals surface area contributed by atoms with Crippen LogP contribution in [0.2, 0.25) is 0 Å². The number of hydrogen-bond donors (Lipinski definition) is 3. The van der Waals surface area contributed by atoms with Crippen molar-refractivity contribution in [3.8, 4) is 11.5 Å². The molecule has 4 rings (SSSR count). The van der Waals surface area contributed by atoms with E-state index < -0.39 is 16.1 Å². The number of benzene rings is 3. The number of sulfonamides is 1. The van der Waals surface area contributed by atoms with Crippen molar-refractivity contribution >= 4 is 26.5 Å². The van der Waals surface area contributed by atoms with Gasteiger partial charge >= 0.3 is 0 Å². The van der Waals surface area contributed by atoms with Crippen LogP contribution in [-0.4, -0.2) is 75.9 Å². The number of phenols is 1. The summed E-state index contributed by atoms with van der Waals surface area (Å²) in [4.78, 5) is 2.35. The minimum Gasteiger partial charge on any atom is -0.508 e. The third kappa shape index (κ3) is 6.10.